The molecule has 18 heavy (non-hydrogen) atoms. The van der Waals surface area contributed by atoms with Crippen LogP contribution in [0.15, 0.2) is 0 Å². The second-order valence-electron chi connectivity index (χ2n) is 5.56. The molecule has 0 N–H and O–H groups in total. The number of hydrogen-bond acceptors (Lipinski definition) is 3. The second-order valence-corrected chi connectivity index (χ2v) is 6.12. The Hall–Kier alpha value is -0.550. The summed E-state index contributed by atoms with van der Waals surface area (Å²) in [5.74, 6) is 1.97. The molecule has 1 aliphatic heterocycles. The predicted molar refractivity (Wildman–Crippen MR) is 79.4 cm³/mol. The van der Waals surface area contributed by atoms with Crippen molar-refractivity contribution in [3.8, 4) is 0 Å². The van der Waals surface area contributed by atoms with Crippen molar-refractivity contribution in [3.05, 3.63) is 11.3 Å². The van der Waals surface area contributed by atoms with Crippen LogP contribution in [0.1, 0.15) is 18.2 Å². The molecular weight excluding hydrogens is 292 g/mol. The third kappa shape index (κ3) is 2.30. The monoisotopic (exact) mass is 314 g/mol. The SMILES string of the molecule is Cc1nn(C)c(N2CC(C)C(N(C)C)C2)c1CBr. The van der Waals surface area contributed by atoms with Crippen LogP contribution < -0.4 is 4.90 Å². The quantitative estimate of drug-likeness (QED) is 0.798. The number of halogens is 1. The molecule has 1 fully saturated rings. The molecule has 0 aliphatic carbocycles. The Bertz CT molecular complexity index is 427. The predicted octanol–water partition coefficient (Wildman–Crippen LogP) is 2.01. The molecule has 4 nitrogen and oxygen atoms in total. The molecule has 1 saturated heterocycles. The molecule has 1 aromatic rings. The first-order valence-electron chi connectivity index (χ1n) is 6.45. The molecule has 2 rings (SSSR count). The molecule has 2 heterocycles. The van der Waals surface area contributed by atoms with Crippen LogP contribution in [0.3, 0.4) is 0 Å². The summed E-state index contributed by atoms with van der Waals surface area (Å²) >= 11 is 3.59. The van der Waals surface area contributed by atoms with Crippen LogP contribution in [0.4, 0.5) is 5.82 Å². The van der Waals surface area contributed by atoms with E-state index >= 15 is 0 Å². The van der Waals surface area contributed by atoms with Crippen LogP contribution in [-0.2, 0) is 12.4 Å². The molecule has 0 aromatic carbocycles. The molecule has 0 radical (unpaired) electrons. The average Bonchev–Trinajstić information content (AvgIpc) is 2.78. The normalized spacial score (nSPS) is 24.3. The van der Waals surface area contributed by atoms with E-state index in [1.165, 1.54) is 11.4 Å². The van der Waals surface area contributed by atoms with Crippen LogP contribution >= 0.6 is 15.9 Å². The van der Waals surface area contributed by atoms with Crippen LogP contribution in [0.25, 0.3) is 0 Å². The summed E-state index contributed by atoms with van der Waals surface area (Å²) in [6.45, 7) is 6.62. The van der Waals surface area contributed by atoms with E-state index in [9.17, 15) is 0 Å². The van der Waals surface area contributed by atoms with Crippen molar-refractivity contribution >= 4 is 21.7 Å². The lowest BCUT2D eigenvalue weighted by Gasteiger charge is -2.23. The molecule has 102 valence electrons. The number of likely N-dealkylation sites (N-methyl/N-ethyl adjacent to an activating group) is 1. The van der Waals surface area contributed by atoms with E-state index in [0.717, 1.165) is 24.1 Å². The minimum absolute atomic E-state index is 0.628. The lowest BCUT2D eigenvalue weighted by atomic mass is 10.1. The lowest BCUT2D eigenvalue weighted by molar-refractivity contribution is 0.266. The van der Waals surface area contributed by atoms with Gasteiger partial charge in [0.15, 0.2) is 0 Å². The summed E-state index contributed by atoms with van der Waals surface area (Å²) in [6, 6.07) is 0.628. The Morgan fingerprint density at radius 2 is 2.06 bits per heavy atom. The van der Waals surface area contributed by atoms with Crippen LogP contribution in [0, 0.1) is 12.8 Å². The van der Waals surface area contributed by atoms with Crippen molar-refractivity contribution in [2.45, 2.75) is 25.2 Å². The molecule has 0 bridgehead atoms. The maximum absolute atomic E-state index is 4.55. The highest BCUT2D eigenvalue weighted by Gasteiger charge is 2.33. The van der Waals surface area contributed by atoms with Crippen LogP contribution in [0.2, 0.25) is 0 Å². The van der Waals surface area contributed by atoms with Gasteiger partial charge >= 0.3 is 0 Å². The van der Waals surface area contributed by atoms with Gasteiger partial charge in [-0.25, -0.2) is 0 Å². The molecule has 2 unspecified atom stereocenters. The zero-order valence-electron chi connectivity index (χ0n) is 11.9. The molecular formula is C13H23BrN4. The topological polar surface area (TPSA) is 24.3 Å². The number of aryl methyl sites for hydroxylation is 2. The zero-order chi connectivity index (χ0) is 13.4. The van der Waals surface area contributed by atoms with E-state index in [-0.39, 0.29) is 0 Å². The summed E-state index contributed by atoms with van der Waals surface area (Å²) in [5.41, 5.74) is 2.45. The van der Waals surface area contributed by atoms with Gasteiger partial charge in [-0.05, 0) is 26.9 Å². The Morgan fingerprint density at radius 1 is 1.39 bits per heavy atom. The molecule has 1 aliphatic rings. The van der Waals surface area contributed by atoms with Gasteiger partial charge in [-0.3, -0.25) is 4.68 Å². The van der Waals surface area contributed by atoms with E-state index < -0.39 is 0 Å². The zero-order valence-corrected chi connectivity index (χ0v) is 13.5. The third-order valence-corrected chi connectivity index (χ3v) is 4.54. The first-order chi connectivity index (χ1) is 8.45. The van der Waals surface area contributed by atoms with Gasteiger partial charge in [0.2, 0.25) is 0 Å². The molecule has 1 aromatic heterocycles. The summed E-state index contributed by atoms with van der Waals surface area (Å²) in [6.07, 6.45) is 0. The van der Waals surface area contributed by atoms with Gasteiger partial charge in [0.1, 0.15) is 5.82 Å². The van der Waals surface area contributed by atoms with Crippen molar-refractivity contribution in [1.82, 2.24) is 14.7 Å². The van der Waals surface area contributed by atoms with Gasteiger partial charge in [-0.15, -0.1) is 0 Å². The van der Waals surface area contributed by atoms with Crippen molar-refractivity contribution < 1.29 is 0 Å². The van der Waals surface area contributed by atoms with Crippen molar-refractivity contribution in [2.75, 3.05) is 32.1 Å². The van der Waals surface area contributed by atoms with E-state index in [1.807, 2.05) is 11.7 Å². The molecule has 5 heteroatoms. The fraction of sp³-hybridized carbons (Fsp3) is 0.769. The van der Waals surface area contributed by atoms with Gasteiger partial charge in [-0.1, -0.05) is 22.9 Å². The number of aromatic nitrogens is 2. The smallest absolute Gasteiger partial charge is 0.130 e. The number of nitrogens with zero attached hydrogens (tertiary/aromatic N) is 4. The fourth-order valence-corrected chi connectivity index (χ4v) is 3.69. The highest BCUT2D eigenvalue weighted by Crippen LogP contribution is 2.31. The highest BCUT2D eigenvalue weighted by molar-refractivity contribution is 9.08. The first-order valence-corrected chi connectivity index (χ1v) is 7.57. The Morgan fingerprint density at radius 3 is 2.56 bits per heavy atom. The van der Waals surface area contributed by atoms with Gasteiger partial charge < -0.3 is 9.80 Å². The van der Waals surface area contributed by atoms with Gasteiger partial charge in [0.25, 0.3) is 0 Å². The van der Waals surface area contributed by atoms with Gasteiger partial charge in [-0.2, -0.15) is 5.10 Å². The van der Waals surface area contributed by atoms with Gasteiger partial charge in [0, 0.05) is 37.1 Å². The molecule has 0 saturated carbocycles. The third-order valence-electron chi connectivity index (χ3n) is 3.98. The van der Waals surface area contributed by atoms with Crippen molar-refractivity contribution in [2.24, 2.45) is 13.0 Å². The van der Waals surface area contributed by atoms with E-state index in [2.05, 4.69) is 58.8 Å². The average molecular weight is 315 g/mol. The lowest BCUT2D eigenvalue weighted by Crippen LogP contribution is -2.34. The van der Waals surface area contributed by atoms with Crippen molar-refractivity contribution in [3.63, 3.8) is 0 Å². The van der Waals surface area contributed by atoms with E-state index in [0.29, 0.717) is 12.0 Å². The summed E-state index contributed by atoms with van der Waals surface area (Å²) in [4.78, 5) is 4.81. The van der Waals surface area contributed by atoms with E-state index in [4.69, 9.17) is 0 Å². The fourth-order valence-electron chi connectivity index (χ4n) is 3.04. The highest BCUT2D eigenvalue weighted by atomic mass is 79.9. The maximum Gasteiger partial charge on any atom is 0.130 e. The molecule has 2 atom stereocenters. The number of anilines is 1. The molecule has 0 spiro atoms. The minimum atomic E-state index is 0.628. The number of alkyl halides is 1. The molecule has 0 amide bonds. The largest absolute Gasteiger partial charge is 0.355 e. The number of hydrogen-bond donors (Lipinski definition) is 0. The number of rotatable bonds is 3. The van der Waals surface area contributed by atoms with Crippen LogP contribution in [-0.4, -0.2) is 47.9 Å². The Kier molecular flexibility index (Phi) is 4.02. The van der Waals surface area contributed by atoms with Crippen molar-refractivity contribution in [1.29, 1.82) is 0 Å². The van der Waals surface area contributed by atoms with E-state index in [1.54, 1.807) is 0 Å². The Balaban J connectivity index is 2.29. The van der Waals surface area contributed by atoms with Crippen LogP contribution in [0.5, 0.6) is 0 Å². The standard InChI is InChI=1S/C13H23BrN4/c1-9-7-18(8-12(9)16(3)4)13-11(6-14)10(2)15-17(13)5/h9,12H,6-8H2,1-5H3. The van der Waals surface area contributed by atoms with Gasteiger partial charge in [0.05, 0.1) is 5.69 Å². The Labute approximate surface area is 118 Å². The maximum atomic E-state index is 4.55. The first kappa shape index (κ1) is 13.9. The summed E-state index contributed by atoms with van der Waals surface area (Å²) in [5, 5.41) is 5.43. The second kappa shape index (κ2) is 5.21. The minimum Gasteiger partial charge on any atom is -0.355 e. The summed E-state index contributed by atoms with van der Waals surface area (Å²) < 4.78 is 2.02. The summed E-state index contributed by atoms with van der Waals surface area (Å²) in [7, 11) is 6.39.